The fourth-order valence-corrected chi connectivity index (χ4v) is 5.44. The van der Waals surface area contributed by atoms with Gasteiger partial charge in [0, 0.05) is 36.1 Å². The maximum absolute atomic E-state index is 13.8. The highest BCUT2D eigenvalue weighted by molar-refractivity contribution is 6.08. The third-order valence-electron chi connectivity index (χ3n) is 7.12. The number of imide groups is 1. The van der Waals surface area contributed by atoms with Crippen molar-refractivity contribution in [1.82, 2.24) is 20.1 Å². The Bertz CT molecular complexity index is 1300. The summed E-state index contributed by atoms with van der Waals surface area (Å²) in [5.74, 6) is 1.13. The van der Waals surface area contributed by atoms with Gasteiger partial charge in [-0.2, -0.15) is 0 Å². The summed E-state index contributed by atoms with van der Waals surface area (Å²) in [6.07, 6.45) is 0.394. The Morgan fingerprint density at radius 2 is 2.03 bits per heavy atom. The fourth-order valence-electron chi connectivity index (χ4n) is 5.44. The number of aromatic hydroxyl groups is 1. The van der Waals surface area contributed by atoms with Gasteiger partial charge in [-0.05, 0) is 60.8 Å². The quantitative estimate of drug-likeness (QED) is 0.356. The second kappa shape index (κ2) is 8.61. The smallest absolute Gasteiger partial charge is 0.328 e. The van der Waals surface area contributed by atoms with Crippen LogP contribution in [-0.2, 0) is 11.2 Å². The van der Waals surface area contributed by atoms with E-state index >= 15 is 0 Å². The van der Waals surface area contributed by atoms with Gasteiger partial charge in [-0.1, -0.05) is 26.0 Å². The van der Waals surface area contributed by atoms with Crippen LogP contribution in [0.25, 0.3) is 10.9 Å². The summed E-state index contributed by atoms with van der Waals surface area (Å²) in [6, 6.07) is 11.9. The molecule has 2 aromatic carbocycles. The molecule has 8 heteroatoms. The van der Waals surface area contributed by atoms with Gasteiger partial charge in [0.25, 0.3) is 5.91 Å². The second-order valence-electron chi connectivity index (χ2n) is 10.1. The normalized spacial score (nSPS) is 21.7. The molecule has 0 spiro atoms. The number of H-pyrrole nitrogens is 1. The molecule has 2 aliphatic heterocycles. The minimum Gasteiger partial charge on any atom is -0.508 e. The Morgan fingerprint density at radius 3 is 2.74 bits per heavy atom. The molecule has 0 radical (unpaired) electrons. The predicted molar refractivity (Wildman–Crippen MR) is 134 cm³/mol. The molecule has 3 N–H and O–H groups in total. The predicted octanol–water partition coefficient (Wildman–Crippen LogP) is 3.80. The van der Waals surface area contributed by atoms with Crippen LogP contribution in [0.2, 0.25) is 0 Å². The molecule has 3 aromatic rings. The number of benzene rings is 2. The lowest BCUT2D eigenvalue weighted by Gasteiger charge is -2.42. The van der Waals surface area contributed by atoms with Crippen LogP contribution in [0.3, 0.4) is 0 Å². The van der Waals surface area contributed by atoms with Gasteiger partial charge in [-0.25, -0.2) is 4.79 Å². The molecule has 3 heterocycles. The van der Waals surface area contributed by atoms with Gasteiger partial charge in [-0.15, -0.1) is 0 Å². The molecule has 5 rings (SSSR count). The second-order valence-corrected chi connectivity index (χ2v) is 10.1. The van der Waals surface area contributed by atoms with Gasteiger partial charge in [0.1, 0.15) is 23.1 Å². The number of nitrogens with one attached hydrogen (secondary N) is 2. The Hall–Kier alpha value is -3.52. The molecule has 1 fully saturated rings. The van der Waals surface area contributed by atoms with Gasteiger partial charge >= 0.3 is 6.03 Å². The minimum atomic E-state index is -1.05. The van der Waals surface area contributed by atoms with Crippen molar-refractivity contribution in [3.05, 3.63) is 59.3 Å². The van der Waals surface area contributed by atoms with E-state index in [9.17, 15) is 14.7 Å². The first-order chi connectivity index (χ1) is 16.7. The summed E-state index contributed by atoms with van der Waals surface area (Å²) in [4.78, 5) is 34.1. The number of nitrogens with zero attached hydrogens (tertiary/aromatic N) is 2. The van der Waals surface area contributed by atoms with Crippen molar-refractivity contribution in [3.63, 3.8) is 0 Å². The number of carbonyl (C=O) groups is 2. The number of aromatic amines is 1. The third-order valence-corrected chi connectivity index (χ3v) is 7.12. The molecule has 2 unspecified atom stereocenters. The topological polar surface area (TPSA) is 97.9 Å². The van der Waals surface area contributed by atoms with Crippen molar-refractivity contribution in [2.24, 2.45) is 5.92 Å². The van der Waals surface area contributed by atoms with Crippen LogP contribution in [0.1, 0.15) is 43.6 Å². The highest BCUT2D eigenvalue weighted by Gasteiger charge is 2.60. The molecule has 0 saturated carbocycles. The molecule has 1 saturated heterocycles. The number of hydrogen-bond acceptors (Lipinski definition) is 5. The number of hydrogen-bond donors (Lipinski definition) is 3. The van der Waals surface area contributed by atoms with E-state index in [2.05, 4.69) is 24.1 Å². The Morgan fingerprint density at radius 1 is 1.23 bits per heavy atom. The minimum absolute atomic E-state index is 0.113. The van der Waals surface area contributed by atoms with Crippen molar-refractivity contribution >= 4 is 22.8 Å². The van der Waals surface area contributed by atoms with E-state index in [1.165, 1.54) is 4.90 Å². The fraction of sp³-hybridized carbons (Fsp3) is 0.407. The van der Waals surface area contributed by atoms with E-state index in [1.54, 1.807) is 30.2 Å². The van der Waals surface area contributed by atoms with Crippen molar-refractivity contribution in [1.29, 1.82) is 0 Å². The first kappa shape index (κ1) is 23.2. The summed E-state index contributed by atoms with van der Waals surface area (Å²) in [6.45, 7) is 7.77. The zero-order valence-electron chi connectivity index (χ0n) is 20.6. The number of carbonyl (C=O) groups excluding carboxylic acids is 2. The number of urea groups is 1. The largest absolute Gasteiger partial charge is 0.508 e. The van der Waals surface area contributed by atoms with Gasteiger partial charge in [0.15, 0.2) is 0 Å². The number of ether oxygens (including phenoxy) is 1. The Kier molecular flexibility index (Phi) is 5.71. The number of aromatic nitrogens is 1. The lowest BCUT2D eigenvalue weighted by Crippen LogP contribution is -2.53. The molecule has 8 nitrogen and oxygen atoms in total. The average Bonchev–Trinajstić information content (AvgIpc) is 3.27. The molecule has 0 aliphatic carbocycles. The van der Waals surface area contributed by atoms with Crippen molar-refractivity contribution in [2.45, 2.75) is 38.8 Å². The summed E-state index contributed by atoms with van der Waals surface area (Å²) in [7, 11) is 1.63. The van der Waals surface area contributed by atoms with E-state index in [1.807, 2.05) is 31.2 Å². The van der Waals surface area contributed by atoms with Crippen LogP contribution in [0.15, 0.2) is 42.5 Å². The van der Waals surface area contributed by atoms with Gasteiger partial charge in [0.05, 0.1) is 7.11 Å². The number of rotatable bonds is 7. The van der Waals surface area contributed by atoms with E-state index in [0.717, 1.165) is 40.0 Å². The number of methoxy groups -OCH3 is 1. The summed E-state index contributed by atoms with van der Waals surface area (Å²) < 4.78 is 5.45. The first-order valence-corrected chi connectivity index (χ1v) is 12.1. The number of phenols is 1. The van der Waals surface area contributed by atoms with Gasteiger partial charge in [-0.3, -0.25) is 14.6 Å². The van der Waals surface area contributed by atoms with Crippen LogP contribution >= 0.6 is 0 Å². The van der Waals surface area contributed by atoms with Crippen molar-refractivity contribution in [3.8, 4) is 11.5 Å². The van der Waals surface area contributed by atoms with Crippen LogP contribution in [0.5, 0.6) is 11.5 Å². The third kappa shape index (κ3) is 3.72. The molecule has 2 atom stereocenters. The first-order valence-electron chi connectivity index (χ1n) is 12.1. The molecular weight excluding hydrogens is 444 g/mol. The summed E-state index contributed by atoms with van der Waals surface area (Å²) >= 11 is 0. The van der Waals surface area contributed by atoms with Crippen LogP contribution < -0.4 is 10.1 Å². The highest BCUT2D eigenvalue weighted by atomic mass is 16.5. The highest BCUT2D eigenvalue weighted by Crippen LogP contribution is 2.49. The maximum atomic E-state index is 13.8. The maximum Gasteiger partial charge on any atom is 0.328 e. The van der Waals surface area contributed by atoms with Crippen molar-refractivity contribution in [2.75, 3.05) is 26.7 Å². The van der Waals surface area contributed by atoms with Crippen LogP contribution in [0.4, 0.5) is 4.79 Å². The van der Waals surface area contributed by atoms with E-state index in [-0.39, 0.29) is 17.7 Å². The average molecular weight is 477 g/mol. The number of fused-ring (bicyclic) bond motifs is 4. The van der Waals surface area contributed by atoms with Crippen LogP contribution in [-0.4, -0.2) is 64.1 Å². The van der Waals surface area contributed by atoms with Gasteiger partial charge < -0.3 is 20.1 Å². The number of phenolic OH excluding ortho intramolecular Hbond substituents is 1. The molecular formula is C27H32N4O4. The molecule has 0 bridgehead atoms. The zero-order chi connectivity index (χ0) is 24.9. The van der Waals surface area contributed by atoms with E-state index in [4.69, 9.17) is 4.74 Å². The summed E-state index contributed by atoms with van der Waals surface area (Å²) in [5.41, 5.74) is 2.47. The molecule has 1 aromatic heterocycles. The molecule has 3 amide bonds. The zero-order valence-corrected chi connectivity index (χ0v) is 20.6. The molecule has 35 heavy (non-hydrogen) atoms. The molecule has 2 aliphatic rings. The monoisotopic (exact) mass is 476 g/mol. The SMILES string of the molecule is COc1ccc2[nH]c3c(c2c1)CC1(C)C(=O)N(CCNCC(C)C)C(=O)N1C3c1cccc(O)c1. The lowest BCUT2D eigenvalue weighted by molar-refractivity contribution is -0.133. The van der Waals surface area contributed by atoms with E-state index < -0.39 is 11.6 Å². The number of amides is 3. The van der Waals surface area contributed by atoms with E-state index in [0.29, 0.717) is 25.4 Å². The Balaban J connectivity index is 1.61. The Labute approximate surface area is 204 Å². The van der Waals surface area contributed by atoms with Crippen LogP contribution in [0, 0.1) is 5.92 Å². The lowest BCUT2D eigenvalue weighted by atomic mass is 9.81. The standard InChI is InChI=1S/C27H32N4O4/c1-16(2)15-28-10-11-30-25(33)27(3)14-21-20-13-19(35-4)8-9-22(20)29-23(21)24(31(27)26(30)34)17-6-5-7-18(32)12-17/h5-9,12-13,16,24,28-29,32H,10-11,14-15H2,1-4H3. The summed E-state index contributed by atoms with van der Waals surface area (Å²) in [5, 5.41) is 14.5. The van der Waals surface area contributed by atoms with Crippen molar-refractivity contribution < 1.29 is 19.4 Å². The molecule has 184 valence electrons. The van der Waals surface area contributed by atoms with Gasteiger partial charge in [0.2, 0.25) is 0 Å².